The zero-order chi connectivity index (χ0) is 14.1. The molecule has 5 heteroatoms. The van der Waals surface area contributed by atoms with Crippen LogP contribution in [0, 0.1) is 0 Å². The Hall–Kier alpha value is -0.940. The molecule has 0 N–H and O–H groups in total. The van der Waals surface area contributed by atoms with Crippen LogP contribution < -0.4 is 4.90 Å². The molecule has 1 aliphatic rings. The Morgan fingerprint density at radius 2 is 2.30 bits per heavy atom. The summed E-state index contributed by atoms with van der Waals surface area (Å²) in [7, 11) is 0. The summed E-state index contributed by atoms with van der Waals surface area (Å²) in [5.74, 6) is 1.97. The highest BCUT2D eigenvalue weighted by atomic mass is 79.9. The van der Waals surface area contributed by atoms with Crippen molar-refractivity contribution in [2.24, 2.45) is 0 Å². The third-order valence-electron chi connectivity index (χ3n) is 3.77. The second-order valence-electron chi connectivity index (χ2n) is 5.13. The van der Waals surface area contributed by atoms with Crippen LogP contribution in [-0.4, -0.2) is 16.5 Å². The van der Waals surface area contributed by atoms with Crippen LogP contribution in [0.5, 0.6) is 0 Å². The molecule has 2 aromatic heterocycles. The lowest BCUT2D eigenvalue weighted by Crippen LogP contribution is -2.34. The maximum atomic E-state index is 4.74. The number of halogens is 1. The van der Waals surface area contributed by atoms with Crippen molar-refractivity contribution in [2.45, 2.75) is 39.2 Å². The second-order valence-corrected chi connectivity index (χ2v) is 6.95. The zero-order valence-electron chi connectivity index (χ0n) is 11.8. The summed E-state index contributed by atoms with van der Waals surface area (Å²) in [6, 6.07) is 4.67. The molecule has 0 saturated heterocycles. The Balaban J connectivity index is 1.93. The van der Waals surface area contributed by atoms with Crippen LogP contribution in [0.3, 0.4) is 0 Å². The molecule has 0 aliphatic carbocycles. The SMILES string of the molecule is CCCc1nc(Br)cc(N2CCc3sccc3C2C)n1. The van der Waals surface area contributed by atoms with Crippen molar-refractivity contribution < 1.29 is 0 Å². The van der Waals surface area contributed by atoms with Gasteiger partial charge in [-0.25, -0.2) is 9.97 Å². The summed E-state index contributed by atoms with van der Waals surface area (Å²) in [4.78, 5) is 13.1. The smallest absolute Gasteiger partial charge is 0.133 e. The average Bonchev–Trinajstić information content (AvgIpc) is 2.88. The summed E-state index contributed by atoms with van der Waals surface area (Å²) in [6.07, 6.45) is 3.11. The fraction of sp³-hybridized carbons (Fsp3) is 0.467. The van der Waals surface area contributed by atoms with Gasteiger partial charge in [0.15, 0.2) is 0 Å². The largest absolute Gasteiger partial charge is 0.349 e. The average molecular weight is 352 g/mol. The molecule has 1 atom stereocenters. The van der Waals surface area contributed by atoms with Gasteiger partial charge in [0.25, 0.3) is 0 Å². The highest BCUT2D eigenvalue weighted by Gasteiger charge is 2.26. The number of anilines is 1. The third kappa shape index (κ3) is 2.61. The fourth-order valence-electron chi connectivity index (χ4n) is 2.76. The van der Waals surface area contributed by atoms with E-state index in [-0.39, 0.29) is 0 Å². The van der Waals surface area contributed by atoms with Crippen molar-refractivity contribution in [3.8, 4) is 0 Å². The van der Waals surface area contributed by atoms with E-state index in [1.165, 1.54) is 10.4 Å². The Bertz CT molecular complexity index is 611. The molecular formula is C15H18BrN3S. The molecule has 0 spiro atoms. The lowest BCUT2D eigenvalue weighted by molar-refractivity contribution is 0.620. The summed E-state index contributed by atoms with van der Waals surface area (Å²) in [6.45, 7) is 5.45. The van der Waals surface area contributed by atoms with Crippen molar-refractivity contribution in [3.63, 3.8) is 0 Å². The molecule has 2 aromatic rings. The zero-order valence-corrected chi connectivity index (χ0v) is 14.2. The van der Waals surface area contributed by atoms with Gasteiger partial charge >= 0.3 is 0 Å². The first-order chi connectivity index (χ1) is 9.69. The minimum Gasteiger partial charge on any atom is -0.349 e. The number of aryl methyl sites for hydroxylation is 1. The quantitative estimate of drug-likeness (QED) is 0.768. The number of hydrogen-bond donors (Lipinski definition) is 0. The molecule has 0 radical (unpaired) electrons. The number of nitrogens with zero attached hydrogens (tertiary/aromatic N) is 3. The first-order valence-electron chi connectivity index (χ1n) is 7.05. The molecule has 3 nitrogen and oxygen atoms in total. The van der Waals surface area contributed by atoms with Crippen LogP contribution in [0.25, 0.3) is 0 Å². The van der Waals surface area contributed by atoms with Gasteiger partial charge in [-0.15, -0.1) is 11.3 Å². The first-order valence-corrected chi connectivity index (χ1v) is 8.72. The van der Waals surface area contributed by atoms with E-state index in [0.29, 0.717) is 6.04 Å². The monoisotopic (exact) mass is 351 g/mol. The molecular weight excluding hydrogens is 334 g/mol. The third-order valence-corrected chi connectivity index (χ3v) is 5.18. The van der Waals surface area contributed by atoms with Crippen molar-refractivity contribution in [3.05, 3.63) is 38.4 Å². The van der Waals surface area contributed by atoms with E-state index in [9.17, 15) is 0 Å². The Kier molecular flexibility index (Phi) is 4.08. The molecule has 0 amide bonds. The summed E-state index contributed by atoms with van der Waals surface area (Å²) >= 11 is 5.39. The van der Waals surface area contributed by atoms with Crippen LogP contribution in [0.4, 0.5) is 5.82 Å². The van der Waals surface area contributed by atoms with Gasteiger partial charge in [-0.1, -0.05) is 6.92 Å². The van der Waals surface area contributed by atoms with E-state index in [4.69, 9.17) is 4.98 Å². The Morgan fingerprint density at radius 1 is 1.45 bits per heavy atom. The second kappa shape index (κ2) is 5.82. The molecule has 1 unspecified atom stereocenters. The standard InChI is InChI=1S/C15H18BrN3S/c1-3-4-14-17-13(16)9-15(18-14)19-7-5-12-11(10(19)2)6-8-20-12/h6,8-10H,3-5,7H2,1-2H3. The number of hydrogen-bond acceptors (Lipinski definition) is 4. The molecule has 0 fully saturated rings. The van der Waals surface area contributed by atoms with Gasteiger partial charge in [0.2, 0.25) is 0 Å². The van der Waals surface area contributed by atoms with Gasteiger partial charge in [0.1, 0.15) is 16.2 Å². The van der Waals surface area contributed by atoms with Gasteiger partial charge < -0.3 is 4.90 Å². The van der Waals surface area contributed by atoms with E-state index in [1.807, 2.05) is 17.4 Å². The van der Waals surface area contributed by atoms with Gasteiger partial charge in [0, 0.05) is 23.9 Å². The topological polar surface area (TPSA) is 29.0 Å². The van der Waals surface area contributed by atoms with Crippen LogP contribution in [0.1, 0.15) is 42.6 Å². The van der Waals surface area contributed by atoms with E-state index in [2.05, 4.69) is 51.1 Å². The molecule has 0 bridgehead atoms. The van der Waals surface area contributed by atoms with Crippen molar-refractivity contribution in [1.29, 1.82) is 0 Å². The first kappa shape index (κ1) is 14.0. The summed E-state index contributed by atoms with van der Waals surface area (Å²) in [5.41, 5.74) is 1.45. The molecule has 0 aromatic carbocycles. The number of thiophene rings is 1. The fourth-order valence-corrected chi connectivity index (χ4v) is 4.13. The van der Waals surface area contributed by atoms with Crippen LogP contribution in [0.15, 0.2) is 22.1 Å². The molecule has 20 heavy (non-hydrogen) atoms. The predicted molar refractivity (Wildman–Crippen MR) is 87.5 cm³/mol. The minimum absolute atomic E-state index is 0.390. The predicted octanol–water partition coefficient (Wildman–Crippen LogP) is 4.38. The van der Waals surface area contributed by atoms with Crippen LogP contribution >= 0.6 is 27.3 Å². The highest BCUT2D eigenvalue weighted by molar-refractivity contribution is 9.10. The molecule has 3 heterocycles. The van der Waals surface area contributed by atoms with E-state index in [1.54, 1.807) is 0 Å². The van der Waals surface area contributed by atoms with Crippen molar-refractivity contribution in [2.75, 3.05) is 11.4 Å². The highest BCUT2D eigenvalue weighted by Crippen LogP contribution is 2.35. The Labute approximate surface area is 132 Å². The van der Waals surface area contributed by atoms with Crippen LogP contribution in [-0.2, 0) is 12.8 Å². The lowest BCUT2D eigenvalue weighted by atomic mass is 10.0. The normalized spacial score (nSPS) is 18.1. The van der Waals surface area contributed by atoms with Crippen LogP contribution in [0.2, 0.25) is 0 Å². The van der Waals surface area contributed by atoms with Crippen molar-refractivity contribution >= 4 is 33.1 Å². The summed E-state index contributed by atoms with van der Waals surface area (Å²) < 4.78 is 0.884. The van der Waals surface area contributed by atoms with Gasteiger partial charge in [-0.2, -0.15) is 0 Å². The Morgan fingerprint density at radius 3 is 3.10 bits per heavy atom. The maximum Gasteiger partial charge on any atom is 0.133 e. The van der Waals surface area contributed by atoms with E-state index >= 15 is 0 Å². The number of rotatable bonds is 3. The maximum absolute atomic E-state index is 4.74. The van der Waals surface area contributed by atoms with E-state index < -0.39 is 0 Å². The van der Waals surface area contributed by atoms with E-state index in [0.717, 1.165) is 42.1 Å². The number of aromatic nitrogens is 2. The molecule has 106 valence electrons. The van der Waals surface area contributed by atoms with Gasteiger partial charge in [-0.05, 0) is 52.7 Å². The minimum atomic E-state index is 0.390. The number of fused-ring (bicyclic) bond motifs is 1. The summed E-state index contributed by atoms with van der Waals surface area (Å²) in [5, 5.41) is 2.20. The molecule has 0 saturated carbocycles. The molecule has 1 aliphatic heterocycles. The van der Waals surface area contributed by atoms with Gasteiger partial charge in [-0.3, -0.25) is 0 Å². The van der Waals surface area contributed by atoms with Crippen molar-refractivity contribution in [1.82, 2.24) is 9.97 Å². The lowest BCUT2D eigenvalue weighted by Gasteiger charge is -2.34. The van der Waals surface area contributed by atoms with Gasteiger partial charge in [0.05, 0.1) is 6.04 Å². The molecule has 3 rings (SSSR count).